The van der Waals surface area contributed by atoms with Gasteiger partial charge in [0.25, 0.3) is 0 Å². The number of anilines is 2. The van der Waals surface area contributed by atoms with Crippen molar-refractivity contribution < 1.29 is 8.42 Å². The fourth-order valence-electron chi connectivity index (χ4n) is 3.32. The molecule has 2 heterocycles. The molecule has 31 heavy (non-hydrogen) atoms. The maximum Gasteiger partial charge on any atom is 0.238 e. The van der Waals surface area contributed by atoms with Gasteiger partial charge in [-0.2, -0.15) is 10.1 Å². The van der Waals surface area contributed by atoms with Crippen LogP contribution in [0.25, 0.3) is 10.9 Å². The Morgan fingerprint density at radius 1 is 1.06 bits per heavy atom. The van der Waals surface area contributed by atoms with Gasteiger partial charge in [0.2, 0.25) is 16.0 Å². The second-order valence-electron chi connectivity index (χ2n) is 7.19. The number of nitrogens with zero attached hydrogens (tertiary/aromatic N) is 4. The van der Waals surface area contributed by atoms with Gasteiger partial charge in [-0.15, -0.1) is 0 Å². The molecule has 0 bridgehead atoms. The van der Waals surface area contributed by atoms with E-state index in [2.05, 4.69) is 43.9 Å². The van der Waals surface area contributed by atoms with Gasteiger partial charge in [-0.1, -0.05) is 30.3 Å². The number of aryl methyl sites for hydroxylation is 2. The van der Waals surface area contributed by atoms with E-state index in [-0.39, 0.29) is 11.4 Å². The highest BCUT2D eigenvalue weighted by Gasteiger charge is 2.13. The van der Waals surface area contributed by atoms with Crippen LogP contribution in [0.2, 0.25) is 0 Å². The Balaban J connectivity index is 1.43. The lowest BCUT2D eigenvalue weighted by molar-refractivity contribution is 0.596. The van der Waals surface area contributed by atoms with E-state index in [0.717, 1.165) is 22.2 Å². The van der Waals surface area contributed by atoms with E-state index >= 15 is 0 Å². The summed E-state index contributed by atoms with van der Waals surface area (Å²) in [5, 5.41) is 17.3. The molecule has 4 aromatic rings. The Kier molecular flexibility index (Phi) is 5.57. The van der Waals surface area contributed by atoms with Crippen LogP contribution in [0.15, 0.2) is 59.6 Å². The molecular formula is C21H23N7O2S. The number of fused-ring (bicyclic) bond motifs is 1. The van der Waals surface area contributed by atoms with Gasteiger partial charge >= 0.3 is 0 Å². The van der Waals surface area contributed by atoms with Gasteiger partial charge in [0.15, 0.2) is 0 Å². The third-order valence-electron chi connectivity index (χ3n) is 5.04. The summed E-state index contributed by atoms with van der Waals surface area (Å²) in [4.78, 5) is 8.72. The molecule has 0 radical (unpaired) electrons. The number of benzene rings is 2. The molecule has 0 aliphatic carbocycles. The molecule has 0 atom stereocenters. The maximum atomic E-state index is 11.7. The highest BCUT2D eigenvalue weighted by atomic mass is 32.2. The Hall–Kier alpha value is -3.50. The summed E-state index contributed by atoms with van der Waals surface area (Å²) in [5.74, 6) is 1.03. The van der Waals surface area contributed by atoms with Crippen molar-refractivity contribution in [3.05, 3.63) is 71.5 Å². The molecule has 2 aromatic carbocycles. The van der Waals surface area contributed by atoms with Gasteiger partial charge in [-0.25, -0.2) is 18.5 Å². The molecule has 0 amide bonds. The van der Waals surface area contributed by atoms with Crippen LogP contribution in [-0.2, 0) is 30.2 Å². The molecule has 0 saturated carbocycles. The standard InChI is InChI=1S/C21H23N7O2S/c1-14-17-8-7-15(11-18(17)27-28(14)2)12-24-20-9-10-23-21(26-20)25-13-16-5-3-4-6-19(16)31(22,29)30/h3-11H,12-13H2,1-2H3,(H2,22,29,30)(H2,23,24,25,26). The normalized spacial score (nSPS) is 11.6. The van der Waals surface area contributed by atoms with Crippen molar-refractivity contribution >= 4 is 32.7 Å². The van der Waals surface area contributed by atoms with Gasteiger partial charge in [0.05, 0.1) is 10.4 Å². The molecule has 0 aliphatic rings. The van der Waals surface area contributed by atoms with Crippen LogP contribution in [-0.4, -0.2) is 28.2 Å². The Morgan fingerprint density at radius 3 is 2.68 bits per heavy atom. The molecule has 0 spiro atoms. The number of aromatic nitrogens is 4. The van der Waals surface area contributed by atoms with Crippen LogP contribution >= 0.6 is 0 Å². The minimum atomic E-state index is -3.80. The lowest BCUT2D eigenvalue weighted by atomic mass is 10.1. The average Bonchev–Trinajstić information content (AvgIpc) is 3.03. The zero-order valence-corrected chi connectivity index (χ0v) is 18.0. The summed E-state index contributed by atoms with van der Waals surface area (Å²) in [5.41, 5.74) is 3.72. The molecular weight excluding hydrogens is 414 g/mol. The van der Waals surface area contributed by atoms with Crippen LogP contribution < -0.4 is 15.8 Å². The number of hydrogen-bond acceptors (Lipinski definition) is 7. The molecule has 0 unspecified atom stereocenters. The predicted molar refractivity (Wildman–Crippen MR) is 120 cm³/mol. The fraction of sp³-hybridized carbons (Fsp3) is 0.190. The molecule has 4 rings (SSSR count). The lowest BCUT2D eigenvalue weighted by Gasteiger charge is -2.10. The first-order valence-electron chi connectivity index (χ1n) is 9.65. The van der Waals surface area contributed by atoms with E-state index in [1.165, 1.54) is 6.07 Å². The number of sulfonamides is 1. The second kappa shape index (κ2) is 8.32. The predicted octanol–water partition coefficient (Wildman–Crippen LogP) is 2.54. The number of nitrogens with two attached hydrogens (primary N) is 1. The van der Waals surface area contributed by atoms with Gasteiger partial charge in [0.1, 0.15) is 5.82 Å². The van der Waals surface area contributed by atoms with E-state index in [1.807, 2.05) is 18.7 Å². The molecule has 0 fully saturated rings. The molecule has 4 N–H and O–H groups in total. The van der Waals surface area contributed by atoms with Crippen LogP contribution in [0.3, 0.4) is 0 Å². The van der Waals surface area contributed by atoms with E-state index < -0.39 is 10.0 Å². The molecule has 0 aliphatic heterocycles. The van der Waals surface area contributed by atoms with Crippen molar-refractivity contribution in [3.8, 4) is 0 Å². The average molecular weight is 438 g/mol. The van der Waals surface area contributed by atoms with Gasteiger partial charge in [0, 0.05) is 37.4 Å². The van der Waals surface area contributed by atoms with E-state index in [1.54, 1.807) is 30.5 Å². The van der Waals surface area contributed by atoms with Crippen molar-refractivity contribution in [2.24, 2.45) is 12.2 Å². The van der Waals surface area contributed by atoms with E-state index in [4.69, 9.17) is 5.14 Å². The Morgan fingerprint density at radius 2 is 1.87 bits per heavy atom. The lowest BCUT2D eigenvalue weighted by Crippen LogP contribution is -2.16. The summed E-state index contributed by atoms with van der Waals surface area (Å²) in [7, 11) is -1.87. The van der Waals surface area contributed by atoms with Crippen molar-refractivity contribution in [1.29, 1.82) is 0 Å². The third-order valence-corrected chi connectivity index (χ3v) is 6.05. The maximum absolute atomic E-state index is 11.7. The highest BCUT2D eigenvalue weighted by Crippen LogP contribution is 2.19. The summed E-state index contributed by atoms with van der Waals surface area (Å²) >= 11 is 0. The van der Waals surface area contributed by atoms with Crippen LogP contribution in [0, 0.1) is 6.92 Å². The number of rotatable bonds is 7. The largest absolute Gasteiger partial charge is 0.366 e. The number of primary sulfonamides is 1. The van der Waals surface area contributed by atoms with E-state index in [0.29, 0.717) is 23.9 Å². The smallest absolute Gasteiger partial charge is 0.238 e. The monoisotopic (exact) mass is 437 g/mol. The minimum Gasteiger partial charge on any atom is -0.366 e. The van der Waals surface area contributed by atoms with Crippen molar-refractivity contribution in [1.82, 2.24) is 19.7 Å². The van der Waals surface area contributed by atoms with Crippen molar-refractivity contribution in [2.45, 2.75) is 24.9 Å². The fourth-order valence-corrected chi connectivity index (χ4v) is 4.10. The number of nitrogens with one attached hydrogen (secondary N) is 2. The minimum absolute atomic E-state index is 0.0805. The van der Waals surface area contributed by atoms with Gasteiger partial charge in [-0.05, 0) is 36.2 Å². The molecule has 0 saturated heterocycles. The Bertz CT molecular complexity index is 1350. The first-order valence-corrected chi connectivity index (χ1v) is 11.2. The van der Waals surface area contributed by atoms with Crippen LogP contribution in [0.4, 0.5) is 11.8 Å². The zero-order chi connectivity index (χ0) is 22.0. The zero-order valence-electron chi connectivity index (χ0n) is 17.2. The Labute approximate surface area is 180 Å². The SMILES string of the molecule is Cc1c2ccc(CNc3ccnc(NCc4ccccc4S(N)(=O)=O)n3)cc2nn1C. The second-order valence-corrected chi connectivity index (χ2v) is 8.72. The topological polar surface area (TPSA) is 128 Å². The summed E-state index contributed by atoms with van der Waals surface area (Å²) < 4.78 is 25.4. The summed E-state index contributed by atoms with van der Waals surface area (Å²) in [6.45, 7) is 2.85. The van der Waals surface area contributed by atoms with Gasteiger partial charge < -0.3 is 10.6 Å². The summed E-state index contributed by atoms with van der Waals surface area (Å²) in [6.07, 6.45) is 1.63. The third kappa shape index (κ3) is 4.65. The first kappa shape index (κ1) is 20.8. The van der Waals surface area contributed by atoms with Crippen LogP contribution in [0.5, 0.6) is 0 Å². The molecule has 2 aromatic heterocycles. The quantitative estimate of drug-likeness (QED) is 0.405. The van der Waals surface area contributed by atoms with Crippen LogP contribution in [0.1, 0.15) is 16.8 Å². The highest BCUT2D eigenvalue weighted by molar-refractivity contribution is 7.89. The summed E-state index contributed by atoms with van der Waals surface area (Å²) in [6, 6.07) is 14.5. The van der Waals surface area contributed by atoms with Crippen molar-refractivity contribution in [2.75, 3.05) is 10.6 Å². The number of hydrogen-bond donors (Lipinski definition) is 3. The van der Waals surface area contributed by atoms with Crippen molar-refractivity contribution in [3.63, 3.8) is 0 Å². The first-order chi connectivity index (χ1) is 14.8. The molecule has 9 nitrogen and oxygen atoms in total. The van der Waals surface area contributed by atoms with E-state index in [9.17, 15) is 8.42 Å². The molecule has 160 valence electrons. The molecule has 10 heteroatoms. The van der Waals surface area contributed by atoms with Gasteiger partial charge in [-0.3, -0.25) is 4.68 Å².